The molecule has 0 heterocycles. The van der Waals surface area contributed by atoms with E-state index >= 15 is 0 Å². The lowest BCUT2D eigenvalue weighted by Crippen LogP contribution is -2.23. The molecule has 41 heavy (non-hydrogen) atoms. The minimum atomic E-state index is -0.572. The molecule has 1 N–H and O–H groups in total. The summed E-state index contributed by atoms with van der Waals surface area (Å²) in [7, 11) is 2.15. The van der Waals surface area contributed by atoms with Gasteiger partial charge in [-0.1, -0.05) is 107 Å². The number of carbonyl (C=O) groups is 1. The number of hydrogen-bond acceptors (Lipinski definition) is 5. The Bertz CT molecular complexity index is 1420. The lowest BCUT2D eigenvalue weighted by molar-refractivity contribution is 0.0469. The molecule has 0 bridgehead atoms. The minimum absolute atomic E-state index is 0.118. The summed E-state index contributed by atoms with van der Waals surface area (Å²) in [5.41, 5.74) is 6.31. The summed E-state index contributed by atoms with van der Waals surface area (Å²) in [4.78, 5) is 15.2. The van der Waals surface area contributed by atoms with Crippen LogP contribution in [0.15, 0.2) is 91.0 Å². The molecule has 5 heteroatoms. The van der Waals surface area contributed by atoms with E-state index in [1.54, 1.807) is 18.2 Å². The van der Waals surface area contributed by atoms with Crippen LogP contribution in [0.1, 0.15) is 73.0 Å². The van der Waals surface area contributed by atoms with Crippen LogP contribution in [-0.4, -0.2) is 31.3 Å². The first kappa shape index (κ1) is 29.7. The SMILES string of the molecule is CC(C)c1cccc(C(C)C)c1N(C)CCCOc1ccccc1-c1cccc(C(=O)OCc2ccccc2)c1O. The van der Waals surface area contributed by atoms with Gasteiger partial charge in [-0.2, -0.15) is 0 Å². The molecule has 4 aromatic rings. The Morgan fingerprint density at radius 1 is 0.780 bits per heavy atom. The van der Waals surface area contributed by atoms with Crippen molar-refractivity contribution < 1.29 is 19.4 Å². The average molecular weight is 552 g/mol. The maximum absolute atomic E-state index is 12.8. The molecule has 0 aliphatic heterocycles. The van der Waals surface area contributed by atoms with Crippen molar-refractivity contribution in [1.82, 2.24) is 0 Å². The second kappa shape index (κ2) is 13.9. The zero-order valence-electron chi connectivity index (χ0n) is 24.8. The molecule has 214 valence electrons. The van der Waals surface area contributed by atoms with Gasteiger partial charge in [-0.05, 0) is 47.1 Å². The number of rotatable bonds is 12. The van der Waals surface area contributed by atoms with E-state index in [1.165, 1.54) is 16.8 Å². The number of nitrogens with zero attached hydrogens (tertiary/aromatic N) is 1. The first-order chi connectivity index (χ1) is 19.8. The van der Waals surface area contributed by atoms with Gasteiger partial charge in [-0.25, -0.2) is 4.79 Å². The van der Waals surface area contributed by atoms with Crippen LogP contribution in [0, 0.1) is 0 Å². The number of anilines is 1. The van der Waals surface area contributed by atoms with E-state index in [4.69, 9.17) is 9.47 Å². The third-order valence-corrected chi connectivity index (χ3v) is 7.27. The summed E-state index contributed by atoms with van der Waals surface area (Å²) in [5, 5.41) is 11.1. The van der Waals surface area contributed by atoms with Crippen LogP contribution in [0.25, 0.3) is 11.1 Å². The standard InChI is InChI=1S/C36H41NO4/c1-25(2)28-17-11-18-29(26(3)4)34(28)37(5)22-13-23-40-33-21-10-9-16-30(33)31-19-12-20-32(35(31)38)36(39)41-24-27-14-7-6-8-15-27/h6-12,14-21,25-26,38H,13,22-24H2,1-5H3. The molecule has 0 radical (unpaired) electrons. The van der Waals surface area contributed by atoms with Crippen molar-refractivity contribution in [2.45, 2.75) is 52.6 Å². The fraction of sp³-hybridized carbons (Fsp3) is 0.306. The highest BCUT2D eigenvalue weighted by Gasteiger charge is 2.20. The fourth-order valence-electron chi connectivity index (χ4n) is 5.09. The molecule has 0 aromatic heterocycles. The van der Waals surface area contributed by atoms with Crippen LogP contribution in [0.5, 0.6) is 11.5 Å². The van der Waals surface area contributed by atoms with Gasteiger partial charge in [-0.15, -0.1) is 0 Å². The normalized spacial score (nSPS) is 11.1. The molecular formula is C36H41NO4. The molecule has 0 saturated heterocycles. The number of hydrogen-bond donors (Lipinski definition) is 1. The molecule has 4 rings (SSSR count). The summed E-state index contributed by atoms with van der Waals surface area (Å²) in [5.74, 6) is 0.845. The smallest absolute Gasteiger partial charge is 0.342 e. The van der Waals surface area contributed by atoms with Crippen molar-refractivity contribution in [3.63, 3.8) is 0 Å². The van der Waals surface area contributed by atoms with E-state index in [0.29, 0.717) is 29.8 Å². The van der Waals surface area contributed by atoms with Crippen LogP contribution >= 0.6 is 0 Å². The Balaban J connectivity index is 1.44. The van der Waals surface area contributed by atoms with Gasteiger partial charge in [0, 0.05) is 30.4 Å². The first-order valence-electron chi connectivity index (χ1n) is 14.4. The van der Waals surface area contributed by atoms with Crippen molar-refractivity contribution in [3.05, 3.63) is 113 Å². The summed E-state index contributed by atoms with van der Waals surface area (Å²) in [6.45, 7) is 10.5. The predicted octanol–water partition coefficient (Wildman–Crippen LogP) is 8.57. The summed E-state index contributed by atoms with van der Waals surface area (Å²) in [6, 6.07) is 28.8. The van der Waals surface area contributed by atoms with Crippen LogP contribution in [0.4, 0.5) is 5.69 Å². The van der Waals surface area contributed by atoms with Crippen molar-refractivity contribution in [2.24, 2.45) is 0 Å². The number of carbonyl (C=O) groups excluding carboxylic acids is 1. The van der Waals surface area contributed by atoms with E-state index in [-0.39, 0.29) is 17.9 Å². The molecular weight excluding hydrogens is 510 g/mol. The lowest BCUT2D eigenvalue weighted by atomic mass is 9.92. The van der Waals surface area contributed by atoms with Gasteiger partial charge < -0.3 is 19.5 Å². The molecule has 0 amide bonds. The van der Waals surface area contributed by atoms with Crippen molar-refractivity contribution in [3.8, 4) is 22.6 Å². The zero-order valence-corrected chi connectivity index (χ0v) is 24.8. The lowest BCUT2D eigenvalue weighted by Gasteiger charge is -2.28. The Morgan fingerprint density at radius 2 is 1.39 bits per heavy atom. The quantitative estimate of drug-likeness (QED) is 0.141. The maximum atomic E-state index is 12.8. The molecule has 0 aliphatic carbocycles. The third-order valence-electron chi connectivity index (χ3n) is 7.27. The first-order valence-corrected chi connectivity index (χ1v) is 14.4. The number of para-hydroxylation sites is 3. The summed E-state index contributed by atoms with van der Waals surface area (Å²) < 4.78 is 11.7. The zero-order chi connectivity index (χ0) is 29.4. The van der Waals surface area contributed by atoms with Gasteiger partial charge in [0.1, 0.15) is 23.7 Å². The topological polar surface area (TPSA) is 59.0 Å². The molecule has 5 nitrogen and oxygen atoms in total. The molecule has 0 unspecified atom stereocenters. The Morgan fingerprint density at radius 3 is 2.07 bits per heavy atom. The van der Waals surface area contributed by atoms with Gasteiger partial charge in [0.25, 0.3) is 0 Å². The second-order valence-electron chi connectivity index (χ2n) is 11.0. The van der Waals surface area contributed by atoms with Crippen molar-refractivity contribution in [1.29, 1.82) is 0 Å². The largest absolute Gasteiger partial charge is 0.506 e. The van der Waals surface area contributed by atoms with Crippen LogP contribution in [0.3, 0.4) is 0 Å². The Labute approximate surface area is 244 Å². The Hall–Kier alpha value is -4.25. The van der Waals surface area contributed by atoms with E-state index < -0.39 is 5.97 Å². The van der Waals surface area contributed by atoms with E-state index in [2.05, 4.69) is 57.8 Å². The van der Waals surface area contributed by atoms with Crippen LogP contribution in [-0.2, 0) is 11.3 Å². The molecule has 0 saturated carbocycles. The van der Waals surface area contributed by atoms with Gasteiger partial charge in [0.2, 0.25) is 0 Å². The molecule has 0 aliphatic rings. The van der Waals surface area contributed by atoms with Crippen LogP contribution < -0.4 is 9.64 Å². The van der Waals surface area contributed by atoms with Gasteiger partial charge in [-0.3, -0.25) is 0 Å². The summed E-state index contributed by atoms with van der Waals surface area (Å²) >= 11 is 0. The van der Waals surface area contributed by atoms with Gasteiger partial charge >= 0.3 is 5.97 Å². The van der Waals surface area contributed by atoms with Gasteiger partial charge in [0.15, 0.2) is 0 Å². The highest BCUT2D eigenvalue weighted by Crippen LogP contribution is 2.38. The van der Waals surface area contributed by atoms with Crippen molar-refractivity contribution in [2.75, 3.05) is 25.1 Å². The number of esters is 1. The molecule has 0 fully saturated rings. The summed E-state index contributed by atoms with van der Waals surface area (Å²) in [6.07, 6.45) is 0.826. The number of ether oxygens (including phenoxy) is 2. The minimum Gasteiger partial charge on any atom is -0.506 e. The second-order valence-corrected chi connectivity index (χ2v) is 11.0. The van der Waals surface area contributed by atoms with Crippen LogP contribution in [0.2, 0.25) is 0 Å². The average Bonchev–Trinajstić information content (AvgIpc) is 2.98. The van der Waals surface area contributed by atoms with E-state index in [1.807, 2.05) is 54.6 Å². The number of phenolic OH excluding ortho intramolecular Hbond substituents is 1. The third kappa shape index (κ3) is 7.29. The highest BCUT2D eigenvalue weighted by molar-refractivity contribution is 5.96. The van der Waals surface area contributed by atoms with Gasteiger partial charge in [0.05, 0.1) is 6.61 Å². The molecule has 0 atom stereocenters. The number of phenols is 1. The molecule has 4 aromatic carbocycles. The molecule has 0 spiro atoms. The Kier molecular flexibility index (Phi) is 10.1. The predicted molar refractivity (Wildman–Crippen MR) is 167 cm³/mol. The van der Waals surface area contributed by atoms with E-state index in [0.717, 1.165) is 24.1 Å². The van der Waals surface area contributed by atoms with E-state index in [9.17, 15) is 9.90 Å². The van der Waals surface area contributed by atoms with Crippen molar-refractivity contribution >= 4 is 11.7 Å². The highest BCUT2D eigenvalue weighted by atomic mass is 16.5. The fourth-order valence-corrected chi connectivity index (χ4v) is 5.09. The maximum Gasteiger partial charge on any atom is 0.342 e. The number of aromatic hydroxyl groups is 1. The number of benzene rings is 4. The monoisotopic (exact) mass is 551 g/mol.